The van der Waals surface area contributed by atoms with E-state index in [1.165, 1.54) is 12.6 Å². The summed E-state index contributed by atoms with van der Waals surface area (Å²) < 4.78 is 0. The second-order valence-electron chi connectivity index (χ2n) is 5.04. The molecule has 0 aromatic heterocycles. The van der Waals surface area contributed by atoms with E-state index in [4.69, 9.17) is 11.8 Å². The van der Waals surface area contributed by atoms with Gasteiger partial charge in [0.15, 0.2) is 0 Å². The summed E-state index contributed by atoms with van der Waals surface area (Å²) in [6, 6.07) is 0. The average Bonchev–Trinajstić information content (AvgIpc) is 1.83. The predicted molar refractivity (Wildman–Crippen MR) is 58.6 cm³/mol. The fourth-order valence-electron chi connectivity index (χ4n) is 0.735. The van der Waals surface area contributed by atoms with Crippen molar-refractivity contribution in [2.45, 2.75) is 25.8 Å². The molecule has 11 heavy (non-hydrogen) atoms. The van der Waals surface area contributed by atoms with Crippen LogP contribution >= 0.6 is 19.0 Å². The normalized spacial score (nSPS) is 15.1. The first-order valence-corrected chi connectivity index (χ1v) is 8.23. The molecule has 0 atom stereocenters. The summed E-state index contributed by atoms with van der Waals surface area (Å²) in [5, 5.41) is 0. The van der Waals surface area contributed by atoms with E-state index in [0.717, 1.165) is 0 Å². The molecule has 0 aliphatic carbocycles. The number of nitrogens with one attached hydrogen (secondary N) is 1. The molecule has 0 heterocycles. The van der Waals surface area contributed by atoms with Crippen LogP contribution in [0.1, 0.15) is 20.3 Å². The van der Waals surface area contributed by atoms with Crippen molar-refractivity contribution in [1.29, 1.82) is 0 Å². The topological polar surface area (TPSA) is 12.0 Å². The molecule has 0 aliphatic heterocycles. The van der Waals surface area contributed by atoms with E-state index >= 15 is 0 Å². The Balaban J connectivity index is 3.70. The van der Waals surface area contributed by atoms with Crippen LogP contribution in [-0.4, -0.2) is 31.7 Å². The molecular weight excluding hydrogens is 177 g/mol. The molecule has 0 unspecified atom stereocenters. The van der Waals surface area contributed by atoms with Crippen molar-refractivity contribution in [3.63, 3.8) is 0 Å². The van der Waals surface area contributed by atoms with E-state index in [-0.39, 0.29) is 5.54 Å². The van der Waals surface area contributed by atoms with E-state index in [9.17, 15) is 0 Å². The molecule has 0 radical (unpaired) electrons. The van der Waals surface area contributed by atoms with E-state index < -0.39 is 7.26 Å². The summed E-state index contributed by atoms with van der Waals surface area (Å²) in [5.41, 5.74) is 0.0990. The Labute approximate surface area is 76.3 Å². The number of hydrogen-bond acceptors (Lipinski definition) is 1. The van der Waals surface area contributed by atoms with Gasteiger partial charge in [0.25, 0.3) is 0 Å². The SMILES string of the molecule is CC(C)(CC[PH](C)(C)C)NCl. The van der Waals surface area contributed by atoms with Gasteiger partial charge >= 0.3 is 75.8 Å². The minimum atomic E-state index is -0.882. The Hall–Kier alpha value is 0.680. The van der Waals surface area contributed by atoms with Crippen molar-refractivity contribution in [3.8, 4) is 0 Å². The van der Waals surface area contributed by atoms with Crippen LogP contribution in [0.25, 0.3) is 0 Å². The van der Waals surface area contributed by atoms with Crippen LogP contribution in [0.3, 0.4) is 0 Å². The van der Waals surface area contributed by atoms with Crippen LogP contribution in [0.2, 0.25) is 0 Å². The van der Waals surface area contributed by atoms with Crippen molar-refractivity contribution >= 4 is 19.0 Å². The zero-order valence-electron chi connectivity index (χ0n) is 8.29. The first-order chi connectivity index (χ1) is 4.77. The number of rotatable bonds is 4. The van der Waals surface area contributed by atoms with Gasteiger partial charge in [-0.2, -0.15) is 0 Å². The molecule has 0 spiro atoms. The van der Waals surface area contributed by atoms with Crippen LogP contribution in [0.15, 0.2) is 0 Å². The standard InChI is InChI=1S/C8H21ClNP/c1-8(2,10-9)6-7-11(3,4)5/h10-11H,6-7H2,1-5H3. The first-order valence-electron chi connectivity index (χ1n) is 4.15. The fourth-order valence-corrected chi connectivity index (χ4v) is 2.20. The Morgan fingerprint density at radius 1 is 1.27 bits per heavy atom. The molecule has 0 amide bonds. The van der Waals surface area contributed by atoms with Gasteiger partial charge in [-0.25, -0.2) is 0 Å². The van der Waals surface area contributed by atoms with Crippen molar-refractivity contribution in [3.05, 3.63) is 0 Å². The number of hydrogen-bond donors (Lipinski definition) is 1. The third kappa shape index (κ3) is 7.05. The summed E-state index contributed by atoms with van der Waals surface area (Å²) >= 11 is 5.59. The summed E-state index contributed by atoms with van der Waals surface area (Å²) in [6.07, 6.45) is 2.51. The molecule has 1 nitrogen and oxygen atoms in total. The third-order valence-corrected chi connectivity index (χ3v) is 4.02. The maximum atomic E-state index is 5.59. The Morgan fingerprint density at radius 2 is 1.73 bits per heavy atom. The van der Waals surface area contributed by atoms with E-state index in [2.05, 4.69) is 38.7 Å². The van der Waals surface area contributed by atoms with Crippen molar-refractivity contribution in [2.75, 3.05) is 26.2 Å². The summed E-state index contributed by atoms with van der Waals surface area (Å²) in [4.78, 5) is 2.81. The van der Waals surface area contributed by atoms with Gasteiger partial charge in [0.2, 0.25) is 0 Å². The maximum absolute atomic E-state index is 5.59. The molecule has 0 aromatic rings. The molecule has 0 saturated carbocycles. The van der Waals surface area contributed by atoms with E-state index in [1.54, 1.807) is 0 Å². The Bertz CT molecular complexity index is 118. The Morgan fingerprint density at radius 3 is 2.00 bits per heavy atom. The van der Waals surface area contributed by atoms with Crippen LogP contribution in [0.4, 0.5) is 0 Å². The summed E-state index contributed by atoms with van der Waals surface area (Å²) in [5.74, 6) is 0. The minimum absolute atomic E-state index is 0.0990. The van der Waals surface area contributed by atoms with Crippen molar-refractivity contribution in [1.82, 2.24) is 4.84 Å². The van der Waals surface area contributed by atoms with Crippen LogP contribution in [0.5, 0.6) is 0 Å². The zero-order chi connectivity index (χ0) is 9.12. The van der Waals surface area contributed by atoms with Crippen LogP contribution in [0, 0.1) is 0 Å². The quantitative estimate of drug-likeness (QED) is 0.540. The summed E-state index contributed by atoms with van der Waals surface area (Å²) in [7, 11) is -0.882. The van der Waals surface area contributed by atoms with Gasteiger partial charge in [-0.1, -0.05) is 0 Å². The van der Waals surface area contributed by atoms with Gasteiger partial charge in [-0.05, 0) is 0 Å². The van der Waals surface area contributed by atoms with Crippen LogP contribution in [-0.2, 0) is 0 Å². The van der Waals surface area contributed by atoms with Gasteiger partial charge in [0.1, 0.15) is 0 Å². The van der Waals surface area contributed by atoms with E-state index in [0.29, 0.717) is 0 Å². The van der Waals surface area contributed by atoms with Crippen LogP contribution < -0.4 is 4.84 Å². The van der Waals surface area contributed by atoms with Gasteiger partial charge < -0.3 is 0 Å². The molecule has 0 aromatic carbocycles. The van der Waals surface area contributed by atoms with Gasteiger partial charge in [-0.3, -0.25) is 0 Å². The summed E-state index contributed by atoms with van der Waals surface area (Å²) in [6.45, 7) is 11.4. The molecule has 3 heteroatoms. The van der Waals surface area contributed by atoms with Crippen molar-refractivity contribution < 1.29 is 0 Å². The monoisotopic (exact) mass is 197 g/mol. The van der Waals surface area contributed by atoms with Gasteiger partial charge in [0, 0.05) is 0 Å². The second kappa shape index (κ2) is 4.07. The molecule has 0 fully saturated rings. The van der Waals surface area contributed by atoms with Gasteiger partial charge in [-0.15, -0.1) is 0 Å². The molecule has 70 valence electrons. The van der Waals surface area contributed by atoms with E-state index in [1.807, 2.05) is 0 Å². The van der Waals surface area contributed by atoms with Crippen molar-refractivity contribution in [2.24, 2.45) is 0 Å². The van der Waals surface area contributed by atoms with Gasteiger partial charge in [0.05, 0.1) is 0 Å². The molecule has 0 saturated heterocycles. The fraction of sp³-hybridized carbons (Fsp3) is 1.00. The molecular formula is C8H21ClNP. The molecule has 0 rings (SSSR count). The molecule has 0 bridgehead atoms. The number of halogens is 1. The predicted octanol–water partition coefficient (Wildman–Crippen LogP) is 2.54. The average molecular weight is 198 g/mol. The first kappa shape index (κ1) is 11.7. The molecule has 1 N–H and O–H groups in total. The third-order valence-electron chi connectivity index (χ3n) is 1.76. The second-order valence-corrected chi connectivity index (χ2v) is 10.8. The molecule has 0 aliphatic rings. The Kier molecular flexibility index (Phi) is 4.32. The zero-order valence-corrected chi connectivity index (χ0v) is 10.0.